The molecule has 2 saturated heterocycles. The van der Waals surface area contributed by atoms with Crippen LogP contribution in [0.3, 0.4) is 0 Å². The van der Waals surface area contributed by atoms with Gasteiger partial charge >= 0.3 is 0 Å². The lowest BCUT2D eigenvalue weighted by Gasteiger charge is -2.21. The number of nitrogens with zero attached hydrogens (tertiary/aromatic N) is 1. The summed E-state index contributed by atoms with van der Waals surface area (Å²) < 4.78 is 32.1. The summed E-state index contributed by atoms with van der Waals surface area (Å²) >= 11 is 1.29. The van der Waals surface area contributed by atoms with Gasteiger partial charge in [0.1, 0.15) is 4.21 Å². The van der Waals surface area contributed by atoms with Gasteiger partial charge in [0.15, 0.2) is 0 Å². The van der Waals surface area contributed by atoms with Crippen LogP contribution in [-0.2, 0) is 14.8 Å². The van der Waals surface area contributed by atoms with Gasteiger partial charge in [-0.25, -0.2) is 8.42 Å². The Hall–Kier alpha value is -0.430. The third-order valence-corrected chi connectivity index (χ3v) is 6.90. The van der Waals surface area contributed by atoms with Crippen LogP contribution in [0.5, 0.6) is 0 Å². The van der Waals surface area contributed by atoms with Crippen LogP contribution < -0.4 is 0 Å². The fraction of sp³-hybridized carbons (Fsp3) is 0.636. The van der Waals surface area contributed by atoms with Crippen molar-refractivity contribution >= 4 is 21.4 Å². The van der Waals surface area contributed by atoms with E-state index in [4.69, 9.17) is 4.74 Å². The van der Waals surface area contributed by atoms with E-state index in [0.29, 0.717) is 23.9 Å². The van der Waals surface area contributed by atoms with Crippen molar-refractivity contribution in [3.8, 4) is 0 Å². The zero-order chi connectivity index (χ0) is 11.9. The minimum atomic E-state index is -3.26. The van der Waals surface area contributed by atoms with Crippen molar-refractivity contribution in [2.24, 2.45) is 5.41 Å². The van der Waals surface area contributed by atoms with E-state index in [2.05, 4.69) is 0 Å². The summed E-state index contributed by atoms with van der Waals surface area (Å²) in [4.78, 5) is 0. The van der Waals surface area contributed by atoms with Gasteiger partial charge in [0.05, 0.1) is 6.61 Å². The smallest absolute Gasteiger partial charge is 0.252 e. The molecule has 94 valence electrons. The second-order valence-electron chi connectivity index (χ2n) is 4.82. The van der Waals surface area contributed by atoms with Gasteiger partial charge in [-0.1, -0.05) is 6.07 Å². The minimum absolute atomic E-state index is 0.0876. The average Bonchev–Trinajstić information content (AvgIpc) is 3.02. The molecule has 1 aromatic rings. The Morgan fingerprint density at radius 2 is 2.29 bits per heavy atom. The van der Waals surface area contributed by atoms with Crippen LogP contribution in [0.4, 0.5) is 0 Å². The average molecular weight is 273 g/mol. The molecule has 2 aliphatic rings. The summed E-state index contributed by atoms with van der Waals surface area (Å²) in [5.74, 6) is 0. The summed E-state index contributed by atoms with van der Waals surface area (Å²) in [6.07, 6.45) is 1.92. The zero-order valence-corrected chi connectivity index (χ0v) is 11.1. The summed E-state index contributed by atoms with van der Waals surface area (Å²) in [6.45, 7) is 2.73. The minimum Gasteiger partial charge on any atom is -0.381 e. The Bertz CT molecular complexity index is 489. The monoisotopic (exact) mass is 273 g/mol. The molecule has 0 N–H and O–H groups in total. The Labute approximate surface area is 105 Å². The lowest BCUT2D eigenvalue weighted by molar-refractivity contribution is 0.157. The number of hydrogen-bond acceptors (Lipinski definition) is 4. The molecular weight excluding hydrogens is 258 g/mol. The molecule has 6 heteroatoms. The number of ether oxygens (including phenoxy) is 1. The van der Waals surface area contributed by atoms with Crippen molar-refractivity contribution in [2.45, 2.75) is 17.1 Å². The van der Waals surface area contributed by atoms with Crippen LogP contribution in [0.15, 0.2) is 21.7 Å². The van der Waals surface area contributed by atoms with Crippen LogP contribution in [-0.4, -0.2) is 39.0 Å². The van der Waals surface area contributed by atoms with Crippen molar-refractivity contribution in [2.75, 3.05) is 26.3 Å². The molecular formula is C11H15NO3S2. The standard InChI is InChI=1S/C11H15NO3S2/c13-17(14,10-2-1-7-16-10)12-5-3-11(8-12)4-6-15-9-11/h1-2,7H,3-6,8-9H2. The first-order chi connectivity index (χ1) is 8.12. The molecule has 0 aromatic carbocycles. The Kier molecular flexibility index (Phi) is 2.77. The van der Waals surface area contributed by atoms with Crippen LogP contribution >= 0.6 is 11.3 Å². The van der Waals surface area contributed by atoms with E-state index in [-0.39, 0.29) is 5.41 Å². The van der Waals surface area contributed by atoms with Crippen LogP contribution in [0.1, 0.15) is 12.8 Å². The first-order valence-corrected chi connectivity index (χ1v) is 8.06. The molecule has 0 bridgehead atoms. The molecule has 0 aliphatic carbocycles. The maximum absolute atomic E-state index is 12.3. The molecule has 1 spiro atoms. The molecule has 1 aromatic heterocycles. The lowest BCUT2D eigenvalue weighted by Crippen LogP contribution is -2.32. The van der Waals surface area contributed by atoms with Gasteiger partial charge in [-0.05, 0) is 24.3 Å². The van der Waals surface area contributed by atoms with E-state index in [9.17, 15) is 8.42 Å². The second kappa shape index (κ2) is 4.05. The quantitative estimate of drug-likeness (QED) is 0.821. The number of thiophene rings is 1. The third-order valence-electron chi connectivity index (χ3n) is 3.68. The maximum atomic E-state index is 12.3. The van der Waals surface area contributed by atoms with E-state index in [1.54, 1.807) is 21.8 Å². The molecule has 2 fully saturated rings. The second-order valence-corrected chi connectivity index (χ2v) is 7.94. The zero-order valence-electron chi connectivity index (χ0n) is 9.46. The Morgan fingerprint density at radius 1 is 1.41 bits per heavy atom. The lowest BCUT2D eigenvalue weighted by atomic mass is 9.87. The Morgan fingerprint density at radius 3 is 2.94 bits per heavy atom. The van der Waals surface area contributed by atoms with Crippen LogP contribution in [0.2, 0.25) is 0 Å². The summed E-state index contributed by atoms with van der Waals surface area (Å²) in [6, 6.07) is 3.46. The number of sulfonamides is 1. The predicted molar refractivity (Wildman–Crippen MR) is 65.6 cm³/mol. The van der Waals surface area contributed by atoms with E-state index in [1.807, 2.05) is 0 Å². The topological polar surface area (TPSA) is 46.6 Å². The van der Waals surface area contributed by atoms with Crippen molar-refractivity contribution in [3.05, 3.63) is 17.5 Å². The van der Waals surface area contributed by atoms with Gasteiger partial charge in [0.25, 0.3) is 10.0 Å². The van der Waals surface area contributed by atoms with Crippen LogP contribution in [0, 0.1) is 5.41 Å². The van der Waals surface area contributed by atoms with Gasteiger partial charge in [-0.15, -0.1) is 11.3 Å². The predicted octanol–water partition coefficient (Wildman–Crippen LogP) is 1.55. The summed E-state index contributed by atoms with van der Waals surface area (Å²) in [5, 5.41) is 1.80. The molecule has 1 unspecified atom stereocenters. The normalized spacial score (nSPS) is 30.4. The largest absolute Gasteiger partial charge is 0.381 e. The molecule has 2 aliphatic heterocycles. The number of hydrogen-bond donors (Lipinski definition) is 0. The maximum Gasteiger partial charge on any atom is 0.252 e. The third kappa shape index (κ3) is 1.93. The van der Waals surface area contributed by atoms with E-state index in [0.717, 1.165) is 19.4 Å². The highest BCUT2D eigenvalue weighted by atomic mass is 32.2. The molecule has 0 saturated carbocycles. The molecule has 0 amide bonds. The van der Waals surface area contributed by atoms with Crippen molar-refractivity contribution in [1.29, 1.82) is 0 Å². The first kappa shape index (κ1) is 11.6. The molecule has 4 nitrogen and oxygen atoms in total. The van der Waals surface area contributed by atoms with E-state index in [1.165, 1.54) is 11.3 Å². The van der Waals surface area contributed by atoms with E-state index >= 15 is 0 Å². The highest BCUT2D eigenvalue weighted by Crippen LogP contribution is 2.40. The molecule has 1 atom stereocenters. The Balaban J connectivity index is 1.83. The van der Waals surface area contributed by atoms with Crippen LogP contribution in [0.25, 0.3) is 0 Å². The summed E-state index contributed by atoms with van der Waals surface area (Å²) in [7, 11) is -3.26. The van der Waals surface area contributed by atoms with Crippen molar-refractivity contribution in [3.63, 3.8) is 0 Å². The van der Waals surface area contributed by atoms with Crippen molar-refractivity contribution in [1.82, 2.24) is 4.31 Å². The van der Waals surface area contributed by atoms with Gasteiger partial charge in [-0.2, -0.15) is 4.31 Å². The highest BCUT2D eigenvalue weighted by molar-refractivity contribution is 7.91. The first-order valence-electron chi connectivity index (χ1n) is 5.74. The molecule has 17 heavy (non-hydrogen) atoms. The van der Waals surface area contributed by atoms with Gasteiger partial charge in [0.2, 0.25) is 0 Å². The van der Waals surface area contributed by atoms with Gasteiger partial charge in [-0.3, -0.25) is 0 Å². The fourth-order valence-corrected chi connectivity index (χ4v) is 5.31. The van der Waals surface area contributed by atoms with Gasteiger partial charge < -0.3 is 4.74 Å². The summed E-state index contributed by atoms with van der Waals surface area (Å²) in [5.41, 5.74) is 0.0876. The van der Waals surface area contributed by atoms with Crippen molar-refractivity contribution < 1.29 is 13.2 Å². The van der Waals surface area contributed by atoms with Gasteiger partial charge in [0, 0.05) is 25.1 Å². The molecule has 0 radical (unpaired) electrons. The molecule has 3 heterocycles. The number of rotatable bonds is 2. The van der Waals surface area contributed by atoms with E-state index < -0.39 is 10.0 Å². The molecule has 3 rings (SSSR count). The SMILES string of the molecule is O=S(=O)(c1cccs1)N1CCC2(CCOC2)C1. The fourth-order valence-electron chi connectivity index (χ4n) is 2.61. The highest BCUT2D eigenvalue weighted by Gasteiger charge is 2.45.